The molecular weight excluding hydrogens is 166 g/mol. The van der Waals surface area contributed by atoms with Gasteiger partial charge in [-0.15, -0.1) is 11.8 Å². The van der Waals surface area contributed by atoms with E-state index in [0.717, 1.165) is 12.3 Å². The lowest BCUT2D eigenvalue weighted by Gasteiger charge is -2.23. The maximum absolute atomic E-state index is 3.21. The van der Waals surface area contributed by atoms with E-state index in [0.29, 0.717) is 6.04 Å². The molecule has 1 aliphatic rings. The van der Waals surface area contributed by atoms with Crippen LogP contribution in [0.5, 0.6) is 0 Å². The molecule has 0 amide bonds. The Morgan fingerprint density at radius 3 is 2.92 bits per heavy atom. The van der Waals surface area contributed by atoms with Crippen molar-refractivity contribution in [3.63, 3.8) is 0 Å². The molecule has 68 valence electrons. The van der Waals surface area contributed by atoms with Crippen molar-refractivity contribution < 1.29 is 0 Å². The van der Waals surface area contributed by atoms with Crippen LogP contribution in [0.15, 0.2) is 0 Å². The number of nitrogens with zero attached hydrogens (tertiary/aromatic N) is 1. The smallest absolute Gasteiger partial charge is 0.0604 e. The average molecular weight is 183 g/mol. The number of hydrogen-bond donors (Lipinski definition) is 0. The van der Waals surface area contributed by atoms with Gasteiger partial charge in [-0.25, -0.2) is 0 Å². The largest absolute Gasteiger partial charge is 0.290 e. The molecule has 1 nitrogen and oxygen atoms in total. The van der Waals surface area contributed by atoms with E-state index >= 15 is 0 Å². The SMILES string of the molecule is CC(C)N1CC#CCSCCC1. The van der Waals surface area contributed by atoms with E-state index in [1.165, 1.54) is 18.7 Å². The predicted octanol–water partition coefficient (Wildman–Crippen LogP) is 1.84. The van der Waals surface area contributed by atoms with Crippen LogP contribution in [0.3, 0.4) is 0 Å². The Bertz CT molecular complexity index is 178. The Balaban J connectivity index is 2.42. The minimum absolute atomic E-state index is 0.641. The first-order valence-corrected chi connectivity index (χ1v) is 5.73. The summed E-state index contributed by atoms with van der Waals surface area (Å²) < 4.78 is 0. The fourth-order valence-electron chi connectivity index (χ4n) is 1.22. The molecule has 0 unspecified atom stereocenters. The van der Waals surface area contributed by atoms with Crippen LogP contribution in [0.1, 0.15) is 20.3 Å². The van der Waals surface area contributed by atoms with E-state index < -0.39 is 0 Å². The summed E-state index contributed by atoms with van der Waals surface area (Å²) in [5.74, 6) is 8.68. The summed E-state index contributed by atoms with van der Waals surface area (Å²) in [6.07, 6.45) is 1.30. The van der Waals surface area contributed by atoms with Crippen LogP contribution >= 0.6 is 11.8 Å². The van der Waals surface area contributed by atoms with Gasteiger partial charge in [0.25, 0.3) is 0 Å². The highest BCUT2D eigenvalue weighted by Crippen LogP contribution is 2.06. The molecule has 0 aromatic heterocycles. The summed E-state index contributed by atoms with van der Waals surface area (Å²) in [5.41, 5.74) is 0. The van der Waals surface area contributed by atoms with Crippen molar-refractivity contribution in [3.05, 3.63) is 0 Å². The summed E-state index contributed by atoms with van der Waals surface area (Å²) in [6.45, 7) is 6.65. The van der Waals surface area contributed by atoms with Crippen LogP contribution in [0.2, 0.25) is 0 Å². The Labute approximate surface area is 79.9 Å². The standard InChI is InChI=1S/C10H17NS/c1-10(2)11-6-3-4-8-12-9-5-7-11/h10H,5-9H2,1-2H3. The van der Waals surface area contributed by atoms with Gasteiger partial charge in [0.05, 0.1) is 12.3 Å². The molecule has 0 aliphatic carbocycles. The third kappa shape index (κ3) is 3.51. The van der Waals surface area contributed by atoms with Crippen LogP contribution in [0, 0.1) is 11.8 Å². The average Bonchev–Trinajstić information content (AvgIpc) is 2.15. The summed E-state index contributed by atoms with van der Waals surface area (Å²) in [5, 5.41) is 0. The minimum atomic E-state index is 0.641. The lowest BCUT2D eigenvalue weighted by atomic mass is 10.3. The van der Waals surface area contributed by atoms with E-state index in [9.17, 15) is 0 Å². The third-order valence-electron chi connectivity index (χ3n) is 2.05. The molecule has 0 bridgehead atoms. The highest BCUT2D eigenvalue weighted by atomic mass is 32.2. The molecule has 1 aliphatic heterocycles. The van der Waals surface area contributed by atoms with Crippen molar-refractivity contribution >= 4 is 11.8 Å². The van der Waals surface area contributed by atoms with Crippen molar-refractivity contribution in [1.29, 1.82) is 0 Å². The molecule has 0 radical (unpaired) electrons. The zero-order chi connectivity index (χ0) is 8.81. The molecule has 0 aromatic carbocycles. The zero-order valence-corrected chi connectivity index (χ0v) is 8.78. The lowest BCUT2D eigenvalue weighted by Crippen LogP contribution is -2.32. The monoisotopic (exact) mass is 183 g/mol. The van der Waals surface area contributed by atoms with Gasteiger partial charge in [0, 0.05) is 12.6 Å². The molecule has 0 saturated carbocycles. The molecule has 0 fully saturated rings. The molecular formula is C10H17NS. The lowest BCUT2D eigenvalue weighted by molar-refractivity contribution is 0.251. The Morgan fingerprint density at radius 2 is 2.17 bits per heavy atom. The molecule has 0 aromatic rings. The third-order valence-corrected chi connectivity index (χ3v) is 2.97. The van der Waals surface area contributed by atoms with Crippen molar-refractivity contribution in [1.82, 2.24) is 4.90 Å². The fourth-order valence-corrected chi connectivity index (χ4v) is 1.90. The summed E-state index contributed by atoms with van der Waals surface area (Å²) in [7, 11) is 0. The van der Waals surface area contributed by atoms with Crippen molar-refractivity contribution in [2.75, 3.05) is 24.6 Å². The molecule has 1 rings (SSSR count). The Morgan fingerprint density at radius 1 is 1.33 bits per heavy atom. The second-order valence-electron chi connectivity index (χ2n) is 3.32. The van der Waals surface area contributed by atoms with Crippen molar-refractivity contribution in [2.24, 2.45) is 0 Å². The summed E-state index contributed by atoms with van der Waals surface area (Å²) in [6, 6.07) is 0.641. The normalized spacial score (nSPS) is 20.6. The molecule has 0 spiro atoms. The van der Waals surface area contributed by atoms with Gasteiger partial charge in [0.15, 0.2) is 0 Å². The Kier molecular flexibility index (Phi) is 4.57. The van der Waals surface area contributed by atoms with Gasteiger partial charge in [-0.1, -0.05) is 11.8 Å². The van der Waals surface area contributed by atoms with Crippen molar-refractivity contribution in [3.8, 4) is 11.8 Å². The quantitative estimate of drug-likeness (QED) is 0.571. The summed E-state index contributed by atoms with van der Waals surface area (Å²) >= 11 is 1.96. The first kappa shape index (κ1) is 9.95. The fraction of sp³-hybridized carbons (Fsp3) is 0.800. The van der Waals surface area contributed by atoms with Crippen LogP contribution in [-0.2, 0) is 0 Å². The molecule has 2 heteroatoms. The predicted molar refractivity (Wildman–Crippen MR) is 56.4 cm³/mol. The highest BCUT2D eigenvalue weighted by Gasteiger charge is 2.07. The van der Waals surface area contributed by atoms with E-state index in [2.05, 4.69) is 30.6 Å². The van der Waals surface area contributed by atoms with Gasteiger partial charge in [-0.05, 0) is 26.0 Å². The topological polar surface area (TPSA) is 3.24 Å². The van der Waals surface area contributed by atoms with E-state index in [1.54, 1.807) is 0 Å². The molecule has 12 heavy (non-hydrogen) atoms. The first-order chi connectivity index (χ1) is 5.80. The van der Waals surface area contributed by atoms with Crippen LogP contribution in [0.4, 0.5) is 0 Å². The van der Waals surface area contributed by atoms with Crippen LogP contribution < -0.4 is 0 Å². The Hall–Kier alpha value is -0.130. The first-order valence-electron chi connectivity index (χ1n) is 4.58. The molecule has 0 atom stereocenters. The number of rotatable bonds is 1. The van der Waals surface area contributed by atoms with Gasteiger partial charge < -0.3 is 0 Å². The van der Waals surface area contributed by atoms with Gasteiger partial charge in [-0.2, -0.15) is 0 Å². The van der Waals surface area contributed by atoms with Gasteiger partial charge in [0.1, 0.15) is 0 Å². The number of thioether (sulfide) groups is 1. The molecule has 0 N–H and O–H groups in total. The molecule has 1 heterocycles. The van der Waals surface area contributed by atoms with E-state index in [-0.39, 0.29) is 0 Å². The van der Waals surface area contributed by atoms with Crippen LogP contribution in [-0.4, -0.2) is 35.5 Å². The number of hydrogen-bond acceptors (Lipinski definition) is 2. The second kappa shape index (κ2) is 5.50. The summed E-state index contributed by atoms with van der Waals surface area (Å²) in [4.78, 5) is 2.44. The maximum atomic E-state index is 3.21. The minimum Gasteiger partial charge on any atom is -0.290 e. The van der Waals surface area contributed by atoms with Crippen molar-refractivity contribution in [2.45, 2.75) is 26.3 Å². The zero-order valence-electron chi connectivity index (χ0n) is 7.97. The maximum Gasteiger partial charge on any atom is 0.0604 e. The van der Waals surface area contributed by atoms with Gasteiger partial charge in [-0.3, -0.25) is 4.90 Å². The van der Waals surface area contributed by atoms with Gasteiger partial charge in [0.2, 0.25) is 0 Å². The van der Waals surface area contributed by atoms with E-state index in [1.807, 2.05) is 11.8 Å². The highest BCUT2D eigenvalue weighted by molar-refractivity contribution is 7.99. The second-order valence-corrected chi connectivity index (χ2v) is 4.43. The van der Waals surface area contributed by atoms with Gasteiger partial charge >= 0.3 is 0 Å². The van der Waals surface area contributed by atoms with E-state index in [4.69, 9.17) is 0 Å². The van der Waals surface area contributed by atoms with Crippen LogP contribution in [0.25, 0.3) is 0 Å². The molecule has 0 saturated heterocycles.